The first-order chi connectivity index (χ1) is 15.6. The second-order valence-electron chi connectivity index (χ2n) is 6.78. The van der Waals surface area contributed by atoms with Gasteiger partial charge >= 0.3 is 0 Å². The molecule has 5 nitrogen and oxygen atoms in total. The van der Waals surface area contributed by atoms with Crippen LogP contribution in [-0.4, -0.2) is 18.7 Å². The summed E-state index contributed by atoms with van der Waals surface area (Å²) >= 11 is 12.3. The smallest absolute Gasteiger partial charge is 0.277 e. The van der Waals surface area contributed by atoms with Crippen LogP contribution in [0.15, 0.2) is 94.4 Å². The van der Waals surface area contributed by atoms with E-state index < -0.39 is 5.91 Å². The van der Waals surface area contributed by atoms with Crippen molar-refractivity contribution in [1.29, 1.82) is 0 Å². The fourth-order valence-corrected chi connectivity index (χ4v) is 3.38. The Labute approximate surface area is 195 Å². The number of hydrazone groups is 1. The number of furan rings is 1. The third kappa shape index (κ3) is 5.38. The van der Waals surface area contributed by atoms with E-state index >= 15 is 0 Å². The second kappa shape index (κ2) is 10.2. The molecule has 1 heterocycles. The van der Waals surface area contributed by atoms with Crippen LogP contribution >= 0.6 is 23.2 Å². The molecule has 7 heteroatoms. The van der Waals surface area contributed by atoms with Crippen molar-refractivity contribution in [3.63, 3.8) is 0 Å². The summed E-state index contributed by atoms with van der Waals surface area (Å²) in [7, 11) is 0. The monoisotopic (exact) mass is 464 g/mol. The van der Waals surface area contributed by atoms with Gasteiger partial charge in [-0.3, -0.25) is 4.79 Å². The number of rotatable bonds is 7. The lowest BCUT2D eigenvalue weighted by molar-refractivity contribution is -0.123. The number of nitrogens with one attached hydrogen (secondary N) is 1. The number of ether oxygens (including phenoxy) is 1. The molecule has 160 valence electrons. The van der Waals surface area contributed by atoms with E-state index in [1.807, 2.05) is 54.6 Å². The van der Waals surface area contributed by atoms with Gasteiger partial charge in [0, 0.05) is 5.56 Å². The highest BCUT2D eigenvalue weighted by Crippen LogP contribution is 2.34. The van der Waals surface area contributed by atoms with E-state index in [1.54, 1.807) is 30.3 Å². The van der Waals surface area contributed by atoms with Crippen LogP contribution in [0.2, 0.25) is 10.0 Å². The fourth-order valence-electron chi connectivity index (χ4n) is 2.98. The van der Waals surface area contributed by atoms with Crippen LogP contribution in [0.5, 0.6) is 5.75 Å². The molecule has 0 saturated carbocycles. The van der Waals surface area contributed by atoms with Crippen molar-refractivity contribution in [3.05, 3.63) is 101 Å². The summed E-state index contributed by atoms with van der Waals surface area (Å²) in [4.78, 5) is 12.0. The molecular formula is C25H18Cl2N2O3. The van der Waals surface area contributed by atoms with Crippen LogP contribution in [0.3, 0.4) is 0 Å². The SMILES string of the molecule is O=C(COc1ccc(-c2ccccc2)cc1)N/N=C/c1ccc(-c2cccc(Cl)c2Cl)o1. The van der Waals surface area contributed by atoms with Crippen molar-refractivity contribution in [2.75, 3.05) is 6.61 Å². The lowest BCUT2D eigenvalue weighted by Gasteiger charge is -2.06. The average molecular weight is 465 g/mol. The molecule has 3 aromatic carbocycles. The van der Waals surface area contributed by atoms with E-state index in [4.69, 9.17) is 32.4 Å². The lowest BCUT2D eigenvalue weighted by atomic mass is 10.1. The van der Waals surface area contributed by atoms with Crippen LogP contribution < -0.4 is 10.2 Å². The molecule has 4 aromatic rings. The molecule has 32 heavy (non-hydrogen) atoms. The van der Waals surface area contributed by atoms with Crippen LogP contribution in [-0.2, 0) is 4.79 Å². The van der Waals surface area contributed by atoms with Gasteiger partial charge < -0.3 is 9.15 Å². The van der Waals surface area contributed by atoms with Crippen LogP contribution in [0.1, 0.15) is 5.76 Å². The van der Waals surface area contributed by atoms with E-state index in [0.29, 0.717) is 32.9 Å². The van der Waals surface area contributed by atoms with Crippen LogP contribution in [0.4, 0.5) is 0 Å². The molecule has 0 atom stereocenters. The fraction of sp³-hybridized carbons (Fsp3) is 0.0400. The molecule has 1 amide bonds. The number of amides is 1. The van der Waals surface area contributed by atoms with Gasteiger partial charge in [0.2, 0.25) is 0 Å². The van der Waals surface area contributed by atoms with E-state index in [9.17, 15) is 4.79 Å². The van der Waals surface area contributed by atoms with E-state index in [0.717, 1.165) is 11.1 Å². The molecule has 4 rings (SSSR count). The summed E-state index contributed by atoms with van der Waals surface area (Å²) in [6.07, 6.45) is 1.40. The average Bonchev–Trinajstić information content (AvgIpc) is 3.29. The normalized spacial score (nSPS) is 10.9. The highest BCUT2D eigenvalue weighted by molar-refractivity contribution is 6.43. The quantitative estimate of drug-likeness (QED) is 0.252. The molecule has 1 aromatic heterocycles. The number of carbonyl (C=O) groups is 1. The van der Waals surface area contributed by atoms with Crippen molar-refractivity contribution in [2.24, 2.45) is 5.10 Å². The number of carbonyl (C=O) groups excluding carboxylic acids is 1. The standard InChI is InChI=1S/C25H18Cl2N2O3/c26-22-8-4-7-21(25(22)27)23-14-13-20(32-23)15-28-29-24(30)16-31-19-11-9-18(10-12-19)17-5-2-1-3-6-17/h1-15H,16H2,(H,29,30)/b28-15+. The molecule has 0 aliphatic rings. The molecule has 1 N–H and O–H groups in total. The van der Waals surface area contributed by atoms with E-state index in [1.165, 1.54) is 6.21 Å². The number of halogens is 2. The molecule has 0 aliphatic carbocycles. The Morgan fingerprint density at radius 2 is 1.66 bits per heavy atom. The molecule has 0 fully saturated rings. The maximum absolute atomic E-state index is 12.0. The minimum atomic E-state index is -0.391. The zero-order chi connectivity index (χ0) is 22.3. The minimum absolute atomic E-state index is 0.163. The molecule has 0 aliphatic heterocycles. The molecule has 0 spiro atoms. The third-order valence-electron chi connectivity index (χ3n) is 4.56. The van der Waals surface area contributed by atoms with Gasteiger partial charge in [-0.15, -0.1) is 0 Å². The van der Waals surface area contributed by atoms with Gasteiger partial charge in [0.15, 0.2) is 6.61 Å². The Hall–Kier alpha value is -3.54. The first-order valence-corrected chi connectivity index (χ1v) is 10.5. The predicted molar refractivity (Wildman–Crippen MR) is 127 cm³/mol. The topological polar surface area (TPSA) is 63.8 Å². The second-order valence-corrected chi connectivity index (χ2v) is 7.56. The van der Waals surface area contributed by atoms with Gasteiger partial charge in [0.25, 0.3) is 5.91 Å². The molecule has 0 saturated heterocycles. The lowest BCUT2D eigenvalue weighted by Crippen LogP contribution is -2.24. The Bertz CT molecular complexity index is 1240. The predicted octanol–water partition coefficient (Wildman–Crippen LogP) is 6.45. The van der Waals surface area contributed by atoms with E-state index in [-0.39, 0.29) is 6.61 Å². The maximum Gasteiger partial charge on any atom is 0.277 e. The van der Waals surface area contributed by atoms with Gasteiger partial charge in [-0.05, 0) is 47.5 Å². The Kier molecular flexibility index (Phi) is 6.90. The van der Waals surface area contributed by atoms with Gasteiger partial charge in [0.1, 0.15) is 17.3 Å². The summed E-state index contributed by atoms with van der Waals surface area (Å²) in [6.45, 7) is -0.163. The third-order valence-corrected chi connectivity index (χ3v) is 5.38. The summed E-state index contributed by atoms with van der Waals surface area (Å²) < 4.78 is 11.2. The highest BCUT2D eigenvalue weighted by Gasteiger charge is 2.10. The van der Waals surface area contributed by atoms with Crippen molar-refractivity contribution in [2.45, 2.75) is 0 Å². The van der Waals surface area contributed by atoms with Crippen molar-refractivity contribution in [3.8, 4) is 28.2 Å². The number of benzene rings is 3. The minimum Gasteiger partial charge on any atom is -0.484 e. The van der Waals surface area contributed by atoms with Crippen molar-refractivity contribution in [1.82, 2.24) is 5.43 Å². The van der Waals surface area contributed by atoms with Crippen molar-refractivity contribution < 1.29 is 13.9 Å². The molecular weight excluding hydrogens is 447 g/mol. The van der Waals surface area contributed by atoms with Crippen LogP contribution in [0, 0.1) is 0 Å². The van der Waals surface area contributed by atoms with Gasteiger partial charge in [-0.1, -0.05) is 71.7 Å². The van der Waals surface area contributed by atoms with Crippen molar-refractivity contribution >= 4 is 35.3 Å². The Balaban J connectivity index is 1.28. The number of nitrogens with zero attached hydrogens (tertiary/aromatic N) is 1. The molecule has 0 unspecified atom stereocenters. The van der Waals surface area contributed by atoms with Gasteiger partial charge in [-0.2, -0.15) is 5.10 Å². The summed E-state index contributed by atoms with van der Waals surface area (Å²) in [6, 6.07) is 26.3. The largest absolute Gasteiger partial charge is 0.484 e. The van der Waals surface area contributed by atoms with E-state index in [2.05, 4.69) is 10.5 Å². The number of hydrogen-bond acceptors (Lipinski definition) is 4. The molecule has 0 bridgehead atoms. The first-order valence-electron chi connectivity index (χ1n) is 9.74. The zero-order valence-corrected chi connectivity index (χ0v) is 18.3. The zero-order valence-electron chi connectivity index (χ0n) is 16.8. The summed E-state index contributed by atoms with van der Waals surface area (Å²) in [5.74, 6) is 1.21. The summed E-state index contributed by atoms with van der Waals surface area (Å²) in [5, 5.41) is 4.75. The van der Waals surface area contributed by atoms with Gasteiger partial charge in [0.05, 0.1) is 16.3 Å². The highest BCUT2D eigenvalue weighted by atomic mass is 35.5. The Morgan fingerprint density at radius 1 is 0.906 bits per heavy atom. The van der Waals surface area contributed by atoms with Crippen LogP contribution in [0.25, 0.3) is 22.5 Å². The Morgan fingerprint density at radius 3 is 2.44 bits per heavy atom. The maximum atomic E-state index is 12.0. The molecule has 0 radical (unpaired) electrons. The first kappa shape index (κ1) is 21.7. The summed E-state index contributed by atoms with van der Waals surface area (Å²) in [5.41, 5.74) is 5.27. The van der Waals surface area contributed by atoms with Gasteiger partial charge in [-0.25, -0.2) is 5.43 Å². The number of hydrogen-bond donors (Lipinski definition) is 1.